The Hall–Kier alpha value is -1.19. The maximum absolute atomic E-state index is 13.8. The van der Waals surface area contributed by atoms with Crippen molar-refractivity contribution in [1.29, 1.82) is 0 Å². The molecule has 1 aliphatic heterocycles. The van der Waals surface area contributed by atoms with Crippen LogP contribution in [-0.4, -0.2) is 57.3 Å². The van der Waals surface area contributed by atoms with E-state index in [9.17, 15) is 13.2 Å². The average Bonchev–Trinajstić information content (AvgIpc) is 2.54. The molecule has 0 atom stereocenters. The minimum absolute atomic E-state index is 0. The minimum Gasteiger partial charge on any atom is -0.366 e. The molecule has 1 fully saturated rings. The summed E-state index contributed by atoms with van der Waals surface area (Å²) in [6, 6.07) is 3.49. The number of hydrogen-bond donors (Lipinski definition) is 1. The van der Waals surface area contributed by atoms with Crippen LogP contribution in [0.1, 0.15) is 6.42 Å². The second-order valence-electron chi connectivity index (χ2n) is 5.09. The molecular weight excluding hydrogens is 420 g/mol. The Balaban J connectivity index is 0.00000264. The first kappa shape index (κ1) is 19.9. The highest BCUT2D eigenvalue weighted by Crippen LogP contribution is 2.21. The summed E-state index contributed by atoms with van der Waals surface area (Å²) in [5.74, 6) is -0.143. The van der Waals surface area contributed by atoms with Crippen LogP contribution in [0.5, 0.6) is 0 Å². The summed E-state index contributed by atoms with van der Waals surface area (Å²) < 4.78 is 39.2. The Morgan fingerprint density at radius 1 is 1.22 bits per heavy atom. The second-order valence-corrected chi connectivity index (χ2v) is 5.09. The van der Waals surface area contributed by atoms with Crippen LogP contribution in [0.3, 0.4) is 0 Å². The van der Waals surface area contributed by atoms with Crippen molar-refractivity contribution in [3.8, 4) is 0 Å². The van der Waals surface area contributed by atoms with Crippen LogP contribution in [0.25, 0.3) is 0 Å². The van der Waals surface area contributed by atoms with Crippen molar-refractivity contribution < 1.29 is 13.2 Å². The first-order chi connectivity index (χ1) is 10.7. The SMILES string of the molecule is CN=C(NCCCF)N1CCN(c2cc(F)ccc2F)CC1.I. The Kier molecular flexibility index (Phi) is 8.49. The van der Waals surface area contributed by atoms with Gasteiger partial charge in [0.15, 0.2) is 5.96 Å². The quantitative estimate of drug-likeness (QED) is 0.337. The van der Waals surface area contributed by atoms with Gasteiger partial charge in [0.25, 0.3) is 0 Å². The maximum atomic E-state index is 13.8. The fourth-order valence-corrected chi connectivity index (χ4v) is 2.49. The highest BCUT2D eigenvalue weighted by atomic mass is 127. The number of hydrogen-bond acceptors (Lipinski definition) is 2. The molecule has 1 saturated heterocycles. The summed E-state index contributed by atoms with van der Waals surface area (Å²) in [4.78, 5) is 8.03. The standard InChI is InChI=1S/C15H21F3N4.HI/c1-19-15(20-6-2-5-16)22-9-7-21(8-10-22)14-11-12(17)3-4-13(14)18;/h3-4,11H,2,5-10H2,1H3,(H,19,20);1H. The van der Waals surface area contributed by atoms with Crippen LogP contribution in [0.15, 0.2) is 23.2 Å². The van der Waals surface area contributed by atoms with Crippen molar-refractivity contribution in [2.45, 2.75) is 6.42 Å². The third-order valence-corrected chi connectivity index (χ3v) is 3.63. The molecule has 0 unspecified atom stereocenters. The molecule has 1 aromatic rings. The summed E-state index contributed by atoms with van der Waals surface area (Å²) in [7, 11) is 1.68. The Bertz CT molecular complexity index is 519. The lowest BCUT2D eigenvalue weighted by atomic mass is 10.2. The van der Waals surface area contributed by atoms with Crippen LogP contribution in [0, 0.1) is 11.6 Å². The second kappa shape index (κ2) is 9.84. The molecule has 0 radical (unpaired) electrons. The van der Waals surface area contributed by atoms with E-state index in [4.69, 9.17) is 0 Å². The normalized spacial score (nSPS) is 15.4. The summed E-state index contributed by atoms with van der Waals surface area (Å²) in [6.45, 7) is 2.60. The Morgan fingerprint density at radius 3 is 2.52 bits per heavy atom. The van der Waals surface area contributed by atoms with Gasteiger partial charge in [0.05, 0.1) is 12.4 Å². The number of piperazine rings is 1. The largest absolute Gasteiger partial charge is 0.366 e. The number of rotatable bonds is 4. The number of nitrogens with one attached hydrogen (secondary N) is 1. The highest BCUT2D eigenvalue weighted by Gasteiger charge is 2.21. The van der Waals surface area contributed by atoms with Gasteiger partial charge in [-0.25, -0.2) is 8.78 Å². The number of nitrogens with zero attached hydrogens (tertiary/aromatic N) is 3. The van der Waals surface area contributed by atoms with Gasteiger partial charge in [-0.2, -0.15) is 0 Å². The summed E-state index contributed by atoms with van der Waals surface area (Å²) in [5, 5.41) is 3.10. The van der Waals surface area contributed by atoms with Crippen molar-refractivity contribution in [2.24, 2.45) is 4.99 Å². The Labute approximate surface area is 151 Å². The van der Waals surface area contributed by atoms with Crippen LogP contribution in [-0.2, 0) is 0 Å². The van der Waals surface area contributed by atoms with Crippen molar-refractivity contribution in [3.63, 3.8) is 0 Å². The smallest absolute Gasteiger partial charge is 0.193 e. The third kappa shape index (κ3) is 5.43. The number of alkyl halides is 1. The van der Waals surface area contributed by atoms with Crippen LogP contribution >= 0.6 is 24.0 Å². The van der Waals surface area contributed by atoms with Gasteiger partial charge in [-0.15, -0.1) is 24.0 Å². The van der Waals surface area contributed by atoms with E-state index in [0.717, 1.165) is 12.1 Å². The van der Waals surface area contributed by atoms with E-state index < -0.39 is 11.6 Å². The molecule has 1 aromatic carbocycles. The molecule has 0 saturated carbocycles. The zero-order valence-electron chi connectivity index (χ0n) is 13.1. The lowest BCUT2D eigenvalue weighted by Gasteiger charge is -2.37. The van der Waals surface area contributed by atoms with E-state index in [0.29, 0.717) is 50.8 Å². The molecule has 0 aromatic heterocycles. The van der Waals surface area contributed by atoms with Gasteiger partial charge < -0.3 is 15.1 Å². The first-order valence-corrected chi connectivity index (χ1v) is 7.37. The van der Waals surface area contributed by atoms with Crippen molar-refractivity contribution >= 4 is 35.6 Å². The zero-order valence-corrected chi connectivity index (χ0v) is 15.4. The zero-order chi connectivity index (χ0) is 15.9. The number of benzene rings is 1. The fraction of sp³-hybridized carbons (Fsp3) is 0.533. The van der Waals surface area contributed by atoms with E-state index in [-0.39, 0.29) is 30.7 Å². The van der Waals surface area contributed by atoms with Gasteiger partial charge in [-0.05, 0) is 18.6 Å². The van der Waals surface area contributed by atoms with Gasteiger partial charge in [-0.3, -0.25) is 9.38 Å². The molecule has 2 rings (SSSR count). The molecule has 23 heavy (non-hydrogen) atoms. The molecule has 0 aliphatic carbocycles. The molecule has 130 valence electrons. The Morgan fingerprint density at radius 2 is 1.91 bits per heavy atom. The van der Waals surface area contributed by atoms with Crippen molar-refractivity contribution in [3.05, 3.63) is 29.8 Å². The minimum atomic E-state index is -0.442. The van der Waals surface area contributed by atoms with E-state index in [1.54, 1.807) is 7.05 Å². The van der Waals surface area contributed by atoms with Crippen LogP contribution in [0.4, 0.5) is 18.9 Å². The lowest BCUT2D eigenvalue weighted by Crippen LogP contribution is -2.52. The summed E-state index contributed by atoms with van der Waals surface area (Å²) >= 11 is 0. The van der Waals surface area contributed by atoms with E-state index in [1.165, 1.54) is 6.07 Å². The van der Waals surface area contributed by atoms with Gasteiger partial charge in [0.2, 0.25) is 0 Å². The van der Waals surface area contributed by atoms with Crippen molar-refractivity contribution in [1.82, 2.24) is 10.2 Å². The summed E-state index contributed by atoms with van der Waals surface area (Å²) in [5.41, 5.74) is 0.292. The number of guanidine groups is 1. The number of aliphatic imine (C=N–C) groups is 1. The molecule has 1 N–H and O–H groups in total. The number of halogens is 4. The van der Waals surface area contributed by atoms with E-state index in [2.05, 4.69) is 10.3 Å². The van der Waals surface area contributed by atoms with Crippen LogP contribution in [0.2, 0.25) is 0 Å². The van der Waals surface area contributed by atoms with Crippen LogP contribution < -0.4 is 10.2 Å². The van der Waals surface area contributed by atoms with E-state index in [1.807, 2.05) is 9.80 Å². The van der Waals surface area contributed by atoms with E-state index >= 15 is 0 Å². The topological polar surface area (TPSA) is 30.9 Å². The average molecular weight is 442 g/mol. The highest BCUT2D eigenvalue weighted by molar-refractivity contribution is 14.0. The maximum Gasteiger partial charge on any atom is 0.193 e. The molecule has 1 heterocycles. The molecule has 4 nitrogen and oxygen atoms in total. The fourth-order valence-electron chi connectivity index (χ4n) is 2.49. The predicted octanol–water partition coefficient (Wildman–Crippen LogP) is 2.64. The number of anilines is 1. The molecule has 8 heteroatoms. The van der Waals surface area contributed by atoms with Crippen molar-refractivity contribution in [2.75, 3.05) is 51.3 Å². The molecular formula is C15H22F3IN4. The predicted molar refractivity (Wildman–Crippen MR) is 97.5 cm³/mol. The molecule has 0 spiro atoms. The van der Waals surface area contributed by atoms with Gasteiger partial charge in [-0.1, -0.05) is 0 Å². The first-order valence-electron chi connectivity index (χ1n) is 7.37. The van der Waals surface area contributed by atoms with Gasteiger partial charge in [0, 0.05) is 45.8 Å². The summed E-state index contributed by atoms with van der Waals surface area (Å²) in [6.07, 6.45) is 0.438. The monoisotopic (exact) mass is 442 g/mol. The lowest BCUT2D eigenvalue weighted by molar-refractivity contribution is 0.368. The third-order valence-electron chi connectivity index (χ3n) is 3.63. The van der Waals surface area contributed by atoms with Gasteiger partial charge >= 0.3 is 0 Å². The molecule has 1 aliphatic rings. The molecule has 0 bridgehead atoms. The van der Waals surface area contributed by atoms with Gasteiger partial charge in [0.1, 0.15) is 11.6 Å². The molecule has 0 amide bonds.